The summed E-state index contributed by atoms with van der Waals surface area (Å²) in [5.41, 5.74) is 2.24. The smallest absolute Gasteiger partial charge is 0.354 e. The first-order chi connectivity index (χ1) is 14.3. The van der Waals surface area contributed by atoms with Crippen molar-refractivity contribution < 1.29 is 13.2 Å². The van der Waals surface area contributed by atoms with Crippen LogP contribution in [-0.4, -0.2) is 28.2 Å². The van der Waals surface area contributed by atoms with Crippen molar-refractivity contribution in [3.8, 4) is 6.07 Å². The molecule has 2 aliphatic rings. The fourth-order valence-electron chi connectivity index (χ4n) is 4.65. The number of benzene rings is 1. The van der Waals surface area contributed by atoms with Crippen LogP contribution in [0.2, 0.25) is 5.02 Å². The van der Waals surface area contributed by atoms with Gasteiger partial charge < -0.3 is 9.47 Å². The van der Waals surface area contributed by atoms with Crippen LogP contribution in [-0.2, 0) is 0 Å². The van der Waals surface area contributed by atoms with E-state index in [9.17, 15) is 18.4 Å². The van der Waals surface area contributed by atoms with Crippen molar-refractivity contribution in [3.05, 3.63) is 52.7 Å². The van der Waals surface area contributed by atoms with Crippen LogP contribution in [0, 0.1) is 11.3 Å². The lowest BCUT2D eigenvalue weighted by Crippen LogP contribution is -2.43. The Morgan fingerprint density at radius 1 is 1.20 bits per heavy atom. The van der Waals surface area contributed by atoms with Gasteiger partial charge in [0.25, 0.3) is 0 Å². The minimum atomic E-state index is -4.37. The number of alkyl halides is 3. The van der Waals surface area contributed by atoms with Crippen molar-refractivity contribution in [3.63, 3.8) is 0 Å². The normalized spacial score (nSPS) is 19.1. The van der Waals surface area contributed by atoms with Gasteiger partial charge >= 0.3 is 6.18 Å². The quantitative estimate of drug-likeness (QED) is 0.531. The number of hydrogen-bond donors (Lipinski definition) is 0. The van der Waals surface area contributed by atoms with E-state index in [0.29, 0.717) is 22.0 Å². The van der Waals surface area contributed by atoms with E-state index in [1.807, 2.05) is 6.07 Å². The van der Waals surface area contributed by atoms with Gasteiger partial charge in [-0.25, -0.2) is 0 Å². The first-order valence-corrected chi connectivity index (χ1v) is 10.6. The zero-order valence-electron chi connectivity index (χ0n) is 16.7. The molecular formula is C23H23ClF3N3. The Morgan fingerprint density at radius 3 is 2.60 bits per heavy atom. The summed E-state index contributed by atoms with van der Waals surface area (Å²) >= 11 is 6.28. The average Bonchev–Trinajstić information content (AvgIpc) is 3.06. The summed E-state index contributed by atoms with van der Waals surface area (Å²) in [5.74, 6) is 0. The van der Waals surface area contributed by atoms with Crippen molar-refractivity contribution in [2.75, 3.05) is 6.54 Å². The summed E-state index contributed by atoms with van der Waals surface area (Å²) in [6.07, 6.45) is 5.96. The minimum Gasteiger partial charge on any atom is -0.354 e. The molecule has 0 radical (unpaired) electrons. The van der Waals surface area contributed by atoms with Gasteiger partial charge in [0.15, 0.2) is 0 Å². The van der Waals surface area contributed by atoms with Crippen LogP contribution in [0.15, 0.2) is 36.4 Å². The molecule has 0 amide bonds. The predicted octanol–water partition coefficient (Wildman–Crippen LogP) is 6.84. The summed E-state index contributed by atoms with van der Waals surface area (Å²) in [6, 6.07) is 6.10. The van der Waals surface area contributed by atoms with Gasteiger partial charge in [-0.15, -0.1) is 0 Å². The number of rotatable bonds is 3. The molecule has 2 heterocycles. The molecule has 1 atom stereocenters. The van der Waals surface area contributed by atoms with E-state index < -0.39 is 12.2 Å². The minimum absolute atomic E-state index is 0.131. The van der Waals surface area contributed by atoms with E-state index in [2.05, 4.69) is 10.6 Å². The van der Waals surface area contributed by atoms with Gasteiger partial charge in [-0.2, -0.15) is 18.4 Å². The maximum absolute atomic E-state index is 13.6. The molecule has 1 aliphatic carbocycles. The molecule has 4 rings (SSSR count). The number of hydrogen-bond acceptors (Lipinski definition) is 2. The second-order valence-electron chi connectivity index (χ2n) is 8.01. The third kappa shape index (κ3) is 3.60. The highest BCUT2D eigenvalue weighted by Gasteiger charge is 2.42. The lowest BCUT2D eigenvalue weighted by atomic mass is 9.94. The largest absolute Gasteiger partial charge is 0.408 e. The molecule has 0 N–H and O–H groups in total. The maximum atomic E-state index is 13.6. The van der Waals surface area contributed by atoms with E-state index in [-0.39, 0.29) is 12.6 Å². The molecule has 0 bridgehead atoms. The van der Waals surface area contributed by atoms with Crippen LogP contribution in [0.1, 0.15) is 56.3 Å². The van der Waals surface area contributed by atoms with Crippen molar-refractivity contribution in [1.82, 2.24) is 9.47 Å². The fourth-order valence-corrected chi connectivity index (χ4v) is 4.82. The molecule has 1 aromatic carbocycles. The molecular weight excluding hydrogens is 411 g/mol. The van der Waals surface area contributed by atoms with Gasteiger partial charge in [-0.3, -0.25) is 0 Å². The van der Waals surface area contributed by atoms with Gasteiger partial charge in [-0.05, 0) is 44.0 Å². The molecule has 7 heteroatoms. The molecule has 1 aliphatic heterocycles. The third-order valence-corrected chi connectivity index (χ3v) is 6.44. The Kier molecular flexibility index (Phi) is 5.59. The summed E-state index contributed by atoms with van der Waals surface area (Å²) in [6.45, 7) is 1.31. The summed E-state index contributed by atoms with van der Waals surface area (Å²) in [5, 5.41) is 11.3. The maximum Gasteiger partial charge on any atom is 0.408 e. The number of fused-ring (bicyclic) bond motifs is 1. The van der Waals surface area contributed by atoms with E-state index in [0.717, 1.165) is 43.0 Å². The van der Waals surface area contributed by atoms with Gasteiger partial charge in [0, 0.05) is 23.0 Å². The number of aromatic nitrogens is 1. The molecule has 0 unspecified atom stereocenters. The Balaban J connectivity index is 1.98. The molecule has 0 saturated heterocycles. The number of nitrogens with zero attached hydrogens (tertiary/aromatic N) is 3. The topological polar surface area (TPSA) is 32.0 Å². The van der Waals surface area contributed by atoms with Crippen LogP contribution < -0.4 is 0 Å². The van der Waals surface area contributed by atoms with Crippen LogP contribution in [0.3, 0.4) is 0 Å². The lowest BCUT2D eigenvalue weighted by molar-refractivity contribution is -0.169. The molecule has 1 fully saturated rings. The zero-order chi connectivity index (χ0) is 21.5. The van der Waals surface area contributed by atoms with E-state index in [4.69, 9.17) is 11.6 Å². The standard InChI is InChI=1S/C23H23ClF3N3/c1-15(23(25,26)27)29-12-6-5-9-20(29)22-19(14-28)18-11-10-16(24)13-21(18)30(22)17-7-3-2-4-8-17/h5-6,9-11,13,15,17H,2-4,7-8,12H2,1H3/t15-/m0/s1. The Labute approximate surface area is 179 Å². The Hall–Kier alpha value is -2.39. The van der Waals surface area contributed by atoms with Gasteiger partial charge in [0.2, 0.25) is 0 Å². The lowest BCUT2D eigenvalue weighted by Gasteiger charge is -2.36. The number of allylic oxidation sites excluding steroid dienone is 2. The molecule has 30 heavy (non-hydrogen) atoms. The molecule has 3 nitrogen and oxygen atoms in total. The molecule has 1 aromatic heterocycles. The first-order valence-electron chi connectivity index (χ1n) is 10.3. The van der Waals surface area contributed by atoms with E-state index in [1.54, 1.807) is 30.4 Å². The predicted molar refractivity (Wildman–Crippen MR) is 113 cm³/mol. The number of nitriles is 1. The van der Waals surface area contributed by atoms with Crippen molar-refractivity contribution in [2.45, 2.75) is 57.3 Å². The van der Waals surface area contributed by atoms with Gasteiger partial charge in [0.1, 0.15) is 12.1 Å². The summed E-state index contributed by atoms with van der Waals surface area (Å²) in [4.78, 5) is 1.34. The monoisotopic (exact) mass is 433 g/mol. The first kappa shape index (κ1) is 20.9. The van der Waals surface area contributed by atoms with Crippen LogP contribution in [0.4, 0.5) is 13.2 Å². The fraction of sp³-hybridized carbons (Fsp3) is 0.435. The molecule has 0 spiro atoms. The van der Waals surface area contributed by atoms with Crippen LogP contribution in [0.5, 0.6) is 0 Å². The average molecular weight is 434 g/mol. The highest BCUT2D eigenvalue weighted by molar-refractivity contribution is 6.31. The molecule has 158 valence electrons. The van der Waals surface area contributed by atoms with Crippen LogP contribution in [0.25, 0.3) is 16.6 Å². The Bertz CT molecular complexity index is 1050. The zero-order valence-corrected chi connectivity index (χ0v) is 17.5. The highest BCUT2D eigenvalue weighted by Crippen LogP contribution is 2.42. The second kappa shape index (κ2) is 8.03. The van der Waals surface area contributed by atoms with Crippen molar-refractivity contribution in [1.29, 1.82) is 5.26 Å². The highest BCUT2D eigenvalue weighted by atomic mass is 35.5. The van der Waals surface area contributed by atoms with Crippen molar-refractivity contribution in [2.24, 2.45) is 0 Å². The summed E-state index contributed by atoms with van der Waals surface area (Å²) < 4.78 is 43.0. The van der Waals surface area contributed by atoms with Crippen molar-refractivity contribution >= 4 is 28.2 Å². The van der Waals surface area contributed by atoms with Crippen LogP contribution >= 0.6 is 11.6 Å². The second-order valence-corrected chi connectivity index (χ2v) is 8.45. The van der Waals surface area contributed by atoms with E-state index in [1.165, 1.54) is 11.8 Å². The molecule has 2 aromatic rings. The molecule has 1 saturated carbocycles. The van der Waals surface area contributed by atoms with Gasteiger partial charge in [0.05, 0.1) is 22.5 Å². The van der Waals surface area contributed by atoms with E-state index >= 15 is 0 Å². The third-order valence-electron chi connectivity index (χ3n) is 6.20. The van der Waals surface area contributed by atoms with Gasteiger partial charge in [-0.1, -0.05) is 43.0 Å². The SMILES string of the molecule is C[C@H](N1CC=CC=C1c1c(C#N)c2ccc(Cl)cc2n1C1CCCCC1)C(F)(F)F. The number of halogens is 4. The Morgan fingerprint density at radius 2 is 1.93 bits per heavy atom. The summed E-state index contributed by atoms with van der Waals surface area (Å²) in [7, 11) is 0.